The fourth-order valence-electron chi connectivity index (χ4n) is 3.61. The number of nitro groups is 1. The molecule has 9 heteroatoms. The maximum Gasteiger partial charge on any atom is 0.295 e. The molecule has 1 aliphatic heterocycles. The lowest BCUT2D eigenvalue weighted by atomic mass is 9.97. The number of aliphatic imine (C=N–C) groups is 1. The molecule has 0 atom stereocenters. The van der Waals surface area contributed by atoms with Crippen LogP contribution in [0, 0.1) is 10.1 Å². The molecular formula is C22H14ClN5O3. The summed E-state index contributed by atoms with van der Waals surface area (Å²) in [6, 6.07) is 15.3. The van der Waals surface area contributed by atoms with E-state index in [0.717, 1.165) is 0 Å². The highest BCUT2D eigenvalue weighted by Gasteiger charge is 2.26. The number of phenols is 1. The van der Waals surface area contributed by atoms with Gasteiger partial charge in [-0.3, -0.25) is 15.2 Å². The Balaban J connectivity index is 1.84. The van der Waals surface area contributed by atoms with E-state index in [-0.39, 0.29) is 11.4 Å². The van der Waals surface area contributed by atoms with Gasteiger partial charge in [0.25, 0.3) is 5.69 Å². The number of anilines is 1. The minimum absolute atomic E-state index is 0.0996. The van der Waals surface area contributed by atoms with Crippen LogP contribution in [0.15, 0.2) is 72.0 Å². The Kier molecular flexibility index (Phi) is 4.41. The Bertz CT molecular complexity index is 1420. The molecule has 4 aromatic rings. The van der Waals surface area contributed by atoms with E-state index in [0.29, 0.717) is 49.7 Å². The second kappa shape index (κ2) is 7.26. The van der Waals surface area contributed by atoms with Crippen molar-refractivity contribution in [3.8, 4) is 5.75 Å². The molecule has 5 rings (SSSR count). The molecule has 8 nitrogen and oxygen atoms in total. The Morgan fingerprint density at radius 1 is 1.06 bits per heavy atom. The molecule has 0 unspecified atom stereocenters. The topological polar surface area (TPSA) is 116 Å². The van der Waals surface area contributed by atoms with Crippen molar-refractivity contribution in [1.82, 2.24) is 10.2 Å². The van der Waals surface area contributed by atoms with Gasteiger partial charge in [0, 0.05) is 34.0 Å². The van der Waals surface area contributed by atoms with Crippen LogP contribution in [0.4, 0.5) is 11.4 Å². The Labute approximate surface area is 180 Å². The van der Waals surface area contributed by atoms with Crippen molar-refractivity contribution in [2.24, 2.45) is 4.99 Å². The summed E-state index contributed by atoms with van der Waals surface area (Å²) in [6.45, 7) is 0. The number of aromatic amines is 1. The number of H-pyrrole nitrogens is 1. The van der Waals surface area contributed by atoms with Gasteiger partial charge in [0.1, 0.15) is 11.3 Å². The number of non-ortho nitro benzene ring substituents is 1. The summed E-state index contributed by atoms with van der Waals surface area (Å²) >= 11 is 6.48. The quantitative estimate of drug-likeness (QED) is 0.308. The highest BCUT2D eigenvalue weighted by atomic mass is 35.5. The van der Waals surface area contributed by atoms with Crippen LogP contribution in [0.3, 0.4) is 0 Å². The molecule has 0 saturated heterocycles. The number of hydrogen-bond donors (Lipinski definition) is 3. The van der Waals surface area contributed by atoms with Crippen LogP contribution in [0.1, 0.15) is 16.7 Å². The fourth-order valence-corrected chi connectivity index (χ4v) is 3.83. The zero-order chi connectivity index (χ0) is 21.5. The monoisotopic (exact) mass is 431 g/mol. The normalized spacial score (nSPS) is 13.1. The molecule has 0 amide bonds. The summed E-state index contributed by atoms with van der Waals surface area (Å²) in [7, 11) is 0. The lowest BCUT2D eigenvalue weighted by Crippen LogP contribution is -2.07. The summed E-state index contributed by atoms with van der Waals surface area (Å²) in [4.78, 5) is 16.1. The van der Waals surface area contributed by atoms with Crippen LogP contribution in [-0.4, -0.2) is 25.9 Å². The summed E-state index contributed by atoms with van der Waals surface area (Å²) in [5, 5.41) is 32.6. The average molecular weight is 432 g/mol. The summed E-state index contributed by atoms with van der Waals surface area (Å²) < 4.78 is 0. The molecule has 3 N–H and O–H groups in total. The number of nitrogens with zero attached hydrogens (tertiary/aromatic N) is 3. The number of hydrogen-bond acceptors (Lipinski definition) is 6. The molecule has 0 fully saturated rings. The van der Waals surface area contributed by atoms with E-state index >= 15 is 0 Å². The van der Waals surface area contributed by atoms with Gasteiger partial charge in [-0.2, -0.15) is 5.10 Å². The first-order valence-electron chi connectivity index (χ1n) is 9.27. The maximum atomic E-state index is 11.7. The molecule has 1 aliphatic rings. The number of nitro benzene ring substituents is 1. The third-order valence-corrected chi connectivity index (χ3v) is 5.35. The molecule has 0 aliphatic carbocycles. The SMILES string of the molecule is O=[N+]([O-])c1cc2c(c3cn[nH]c13)NC=C(c1cccc(O)c1)N=C2c1ccccc1Cl. The van der Waals surface area contributed by atoms with E-state index in [1.807, 2.05) is 18.2 Å². The highest BCUT2D eigenvalue weighted by molar-refractivity contribution is 6.36. The van der Waals surface area contributed by atoms with Crippen LogP contribution in [0.5, 0.6) is 5.75 Å². The van der Waals surface area contributed by atoms with Crippen molar-refractivity contribution in [2.75, 3.05) is 5.32 Å². The first-order chi connectivity index (χ1) is 15.0. The standard InChI is InChI=1S/C22H14ClN5O3/c23-17-7-2-1-6-14(17)21-15-9-19(28(30)31)22-16(10-25-27-22)20(15)24-11-18(26-21)12-4-3-5-13(29)8-12/h1-11,24,29H,(H,25,27). The van der Waals surface area contributed by atoms with Crippen LogP contribution < -0.4 is 5.32 Å². The summed E-state index contributed by atoms with van der Waals surface area (Å²) in [5.41, 5.74) is 3.61. The smallest absolute Gasteiger partial charge is 0.295 e. The Hall–Kier alpha value is -4.17. The molecule has 31 heavy (non-hydrogen) atoms. The molecule has 1 aromatic heterocycles. The highest BCUT2D eigenvalue weighted by Crippen LogP contribution is 2.38. The Morgan fingerprint density at radius 2 is 1.90 bits per heavy atom. The van der Waals surface area contributed by atoms with Gasteiger partial charge in [0.15, 0.2) is 0 Å². The van der Waals surface area contributed by atoms with Crippen LogP contribution in [0.2, 0.25) is 5.02 Å². The molecule has 152 valence electrons. The maximum absolute atomic E-state index is 11.7. The van der Waals surface area contributed by atoms with Crippen molar-refractivity contribution in [2.45, 2.75) is 0 Å². The van der Waals surface area contributed by atoms with E-state index in [9.17, 15) is 15.2 Å². The lowest BCUT2D eigenvalue weighted by molar-refractivity contribution is -0.383. The van der Waals surface area contributed by atoms with Gasteiger partial charge in [-0.25, -0.2) is 4.99 Å². The Morgan fingerprint density at radius 3 is 2.68 bits per heavy atom. The second-order valence-corrected chi connectivity index (χ2v) is 7.31. The van der Waals surface area contributed by atoms with E-state index in [1.165, 1.54) is 12.3 Å². The average Bonchev–Trinajstić information content (AvgIpc) is 3.16. The zero-order valence-corrected chi connectivity index (χ0v) is 16.6. The first-order valence-corrected chi connectivity index (χ1v) is 9.65. The summed E-state index contributed by atoms with van der Waals surface area (Å²) in [5.74, 6) is 0.0996. The number of aromatic nitrogens is 2. The largest absolute Gasteiger partial charge is 0.508 e. The van der Waals surface area contributed by atoms with Crippen molar-refractivity contribution in [1.29, 1.82) is 0 Å². The summed E-state index contributed by atoms with van der Waals surface area (Å²) in [6.07, 6.45) is 3.22. The zero-order valence-electron chi connectivity index (χ0n) is 15.8. The van der Waals surface area contributed by atoms with Crippen molar-refractivity contribution >= 4 is 45.3 Å². The molecule has 0 bridgehead atoms. The van der Waals surface area contributed by atoms with Crippen molar-refractivity contribution in [3.63, 3.8) is 0 Å². The third-order valence-electron chi connectivity index (χ3n) is 5.02. The first kappa shape index (κ1) is 18.8. The van der Waals surface area contributed by atoms with E-state index in [4.69, 9.17) is 16.6 Å². The minimum Gasteiger partial charge on any atom is -0.508 e. The number of nitrogens with one attached hydrogen (secondary N) is 2. The third kappa shape index (κ3) is 3.19. The van der Waals surface area contributed by atoms with E-state index in [2.05, 4.69) is 15.5 Å². The number of rotatable bonds is 3. The van der Waals surface area contributed by atoms with Gasteiger partial charge in [0.2, 0.25) is 0 Å². The minimum atomic E-state index is -0.459. The molecule has 0 spiro atoms. The molecule has 0 saturated carbocycles. The van der Waals surface area contributed by atoms with Gasteiger partial charge in [-0.05, 0) is 18.2 Å². The molecule has 0 radical (unpaired) electrons. The molecule has 3 aromatic carbocycles. The van der Waals surface area contributed by atoms with Gasteiger partial charge in [-0.1, -0.05) is 41.9 Å². The number of phenolic OH excluding ortho intramolecular Hbond substituents is 1. The van der Waals surface area contributed by atoms with E-state index in [1.54, 1.807) is 36.5 Å². The molecular weight excluding hydrogens is 418 g/mol. The number of halogens is 1. The predicted octanol–water partition coefficient (Wildman–Crippen LogP) is 5.09. The van der Waals surface area contributed by atoms with Crippen LogP contribution in [0.25, 0.3) is 16.6 Å². The number of benzene rings is 3. The number of fused-ring (bicyclic) bond motifs is 3. The van der Waals surface area contributed by atoms with Crippen LogP contribution in [-0.2, 0) is 0 Å². The van der Waals surface area contributed by atoms with E-state index < -0.39 is 4.92 Å². The van der Waals surface area contributed by atoms with Crippen molar-refractivity contribution < 1.29 is 10.0 Å². The number of aromatic hydroxyl groups is 1. The van der Waals surface area contributed by atoms with Crippen molar-refractivity contribution in [3.05, 3.63) is 98.8 Å². The van der Waals surface area contributed by atoms with Gasteiger partial charge in [0.05, 0.1) is 33.6 Å². The fraction of sp³-hybridized carbons (Fsp3) is 0. The van der Waals surface area contributed by atoms with Gasteiger partial charge < -0.3 is 10.4 Å². The van der Waals surface area contributed by atoms with Gasteiger partial charge >= 0.3 is 0 Å². The molecule has 2 heterocycles. The predicted molar refractivity (Wildman–Crippen MR) is 120 cm³/mol. The van der Waals surface area contributed by atoms with Gasteiger partial charge in [-0.15, -0.1) is 0 Å². The second-order valence-electron chi connectivity index (χ2n) is 6.90. The van der Waals surface area contributed by atoms with Crippen LogP contribution >= 0.6 is 11.6 Å². The lowest BCUT2D eigenvalue weighted by Gasteiger charge is -2.13.